The number of nitrogens with zero attached hydrogens (tertiary/aromatic N) is 2. The first-order chi connectivity index (χ1) is 15.4. The molecule has 7 nitrogen and oxygen atoms in total. The molecule has 0 saturated heterocycles. The van der Waals surface area contributed by atoms with Crippen molar-refractivity contribution in [2.45, 2.75) is 50.7 Å². The third-order valence-electron chi connectivity index (χ3n) is 5.29. The SMILES string of the molecule is CC[C@H](C)NC(=O)[C@@H](C)N(Cc1cccc(Cl)c1)C(=O)CN(C)S(=O)(=O)c1ccc(Cl)cc1. The van der Waals surface area contributed by atoms with Crippen LogP contribution in [-0.2, 0) is 26.2 Å². The molecule has 2 atom stereocenters. The van der Waals surface area contributed by atoms with Crippen LogP contribution in [0.1, 0.15) is 32.8 Å². The zero-order valence-electron chi connectivity index (χ0n) is 19.1. The monoisotopic (exact) mass is 513 g/mol. The Hall–Kier alpha value is -2.13. The maximum Gasteiger partial charge on any atom is 0.243 e. The molecule has 0 aromatic heterocycles. The van der Waals surface area contributed by atoms with Crippen LogP contribution < -0.4 is 5.32 Å². The molecular formula is C23H29Cl2N3O4S. The molecule has 2 aromatic rings. The first-order valence-electron chi connectivity index (χ1n) is 10.5. The van der Waals surface area contributed by atoms with Gasteiger partial charge < -0.3 is 10.2 Å². The van der Waals surface area contributed by atoms with Crippen LogP contribution in [0.15, 0.2) is 53.4 Å². The van der Waals surface area contributed by atoms with Crippen LogP contribution in [0.3, 0.4) is 0 Å². The lowest BCUT2D eigenvalue weighted by molar-refractivity contribution is -0.140. The van der Waals surface area contributed by atoms with Gasteiger partial charge in [0.05, 0.1) is 11.4 Å². The van der Waals surface area contributed by atoms with Gasteiger partial charge in [-0.3, -0.25) is 9.59 Å². The summed E-state index contributed by atoms with van der Waals surface area (Å²) in [4.78, 5) is 27.4. The molecule has 0 aliphatic rings. The molecule has 0 radical (unpaired) electrons. The van der Waals surface area contributed by atoms with Crippen LogP contribution in [0.25, 0.3) is 0 Å². The number of carbonyl (C=O) groups excluding carboxylic acids is 2. The summed E-state index contributed by atoms with van der Waals surface area (Å²) in [5.41, 5.74) is 0.724. The highest BCUT2D eigenvalue weighted by Gasteiger charge is 2.30. The summed E-state index contributed by atoms with van der Waals surface area (Å²) in [6, 6.07) is 11.8. The van der Waals surface area contributed by atoms with E-state index in [1.807, 2.05) is 13.8 Å². The number of likely N-dealkylation sites (N-methyl/N-ethyl adjacent to an activating group) is 1. The molecule has 0 aliphatic carbocycles. The second-order valence-corrected chi connectivity index (χ2v) is 10.8. The van der Waals surface area contributed by atoms with Crippen LogP contribution in [-0.4, -0.2) is 55.1 Å². The molecule has 0 fully saturated rings. The third-order valence-corrected chi connectivity index (χ3v) is 7.59. The van der Waals surface area contributed by atoms with Gasteiger partial charge in [0.2, 0.25) is 21.8 Å². The van der Waals surface area contributed by atoms with Crippen molar-refractivity contribution in [3.8, 4) is 0 Å². The minimum Gasteiger partial charge on any atom is -0.352 e. The minimum atomic E-state index is -3.93. The normalized spacial score (nSPS) is 13.4. The summed E-state index contributed by atoms with van der Waals surface area (Å²) in [5, 5.41) is 3.78. The fourth-order valence-corrected chi connectivity index (χ4v) is 4.49. The Kier molecular flexibility index (Phi) is 9.72. The van der Waals surface area contributed by atoms with Crippen molar-refractivity contribution in [3.05, 3.63) is 64.1 Å². The lowest BCUT2D eigenvalue weighted by atomic mass is 10.1. The fourth-order valence-electron chi connectivity index (χ4n) is 3.03. The maximum absolute atomic E-state index is 13.3. The third kappa shape index (κ3) is 7.43. The number of sulfonamides is 1. The summed E-state index contributed by atoms with van der Waals surface area (Å²) in [6.07, 6.45) is 0.739. The number of halogens is 2. The van der Waals surface area contributed by atoms with Crippen LogP contribution in [0.4, 0.5) is 0 Å². The second kappa shape index (κ2) is 11.8. The molecule has 10 heteroatoms. The van der Waals surface area contributed by atoms with Gasteiger partial charge in [0.1, 0.15) is 6.04 Å². The van der Waals surface area contributed by atoms with E-state index in [1.54, 1.807) is 31.2 Å². The Labute approximate surface area is 205 Å². The molecule has 0 unspecified atom stereocenters. The summed E-state index contributed by atoms with van der Waals surface area (Å²) in [6.45, 7) is 5.10. The topological polar surface area (TPSA) is 86.8 Å². The van der Waals surface area contributed by atoms with Gasteiger partial charge in [-0.1, -0.05) is 42.3 Å². The molecule has 0 aliphatic heterocycles. The van der Waals surface area contributed by atoms with Crippen LogP contribution in [0.2, 0.25) is 10.0 Å². The van der Waals surface area contributed by atoms with E-state index in [0.29, 0.717) is 10.0 Å². The van der Waals surface area contributed by atoms with Crippen molar-refractivity contribution in [1.82, 2.24) is 14.5 Å². The largest absolute Gasteiger partial charge is 0.352 e. The first-order valence-corrected chi connectivity index (χ1v) is 12.7. The Bertz CT molecular complexity index is 1080. The van der Waals surface area contributed by atoms with Crippen LogP contribution >= 0.6 is 23.2 Å². The van der Waals surface area contributed by atoms with E-state index in [9.17, 15) is 18.0 Å². The van der Waals surface area contributed by atoms with Crippen molar-refractivity contribution in [2.75, 3.05) is 13.6 Å². The van der Waals surface area contributed by atoms with Crippen molar-refractivity contribution in [3.63, 3.8) is 0 Å². The predicted molar refractivity (Wildman–Crippen MR) is 131 cm³/mol. The average molecular weight is 514 g/mol. The molecule has 33 heavy (non-hydrogen) atoms. The van der Waals surface area contributed by atoms with Crippen molar-refractivity contribution in [1.29, 1.82) is 0 Å². The smallest absolute Gasteiger partial charge is 0.243 e. The molecular weight excluding hydrogens is 485 g/mol. The molecule has 0 heterocycles. The second-order valence-electron chi connectivity index (χ2n) is 7.86. The van der Waals surface area contributed by atoms with Gasteiger partial charge in [-0.25, -0.2) is 8.42 Å². The number of rotatable bonds is 10. The average Bonchev–Trinajstić information content (AvgIpc) is 2.77. The lowest BCUT2D eigenvalue weighted by Crippen LogP contribution is -2.51. The zero-order valence-corrected chi connectivity index (χ0v) is 21.4. The van der Waals surface area contributed by atoms with Crippen LogP contribution in [0, 0.1) is 0 Å². The molecule has 180 valence electrons. The number of nitrogens with one attached hydrogen (secondary N) is 1. The van der Waals surface area contributed by atoms with Gasteiger partial charge in [0.25, 0.3) is 0 Å². The minimum absolute atomic E-state index is 0.0196. The standard InChI is InChI=1S/C23H29Cl2N3O4S/c1-5-16(2)26-23(30)17(3)28(14-18-7-6-8-20(25)13-18)22(29)15-27(4)33(31,32)21-11-9-19(24)10-12-21/h6-13,16-17H,5,14-15H2,1-4H3,(H,26,30)/t16-,17+/m0/s1. The van der Waals surface area contributed by atoms with E-state index in [1.165, 1.54) is 36.2 Å². The van der Waals surface area contributed by atoms with Gasteiger partial charge in [0, 0.05) is 29.7 Å². The van der Waals surface area contributed by atoms with Crippen molar-refractivity contribution in [2.24, 2.45) is 0 Å². The summed E-state index contributed by atoms with van der Waals surface area (Å²) >= 11 is 11.9. The predicted octanol–water partition coefficient (Wildman–Crippen LogP) is 3.95. The summed E-state index contributed by atoms with van der Waals surface area (Å²) in [7, 11) is -2.60. The molecule has 0 bridgehead atoms. The zero-order chi connectivity index (χ0) is 24.8. The highest BCUT2D eigenvalue weighted by Crippen LogP contribution is 2.19. The Morgan fingerprint density at radius 3 is 2.24 bits per heavy atom. The summed E-state index contributed by atoms with van der Waals surface area (Å²) in [5.74, 6) is -0.829. The molecule has 2 amide bonds. The van der Waals surface area contributed by atoms with E-state index >= 15 is 0 Å². The van der Waals surface area contributed by atoms with E-state index in [0.717, 1.165) is 16.3 Å². The van der Waals surface area contributed by atoms with Crippen LogP contribution in [0.5, 0.6) is 0 Å². The van der Waals surface area contributed by atoms with E-state index in [4.69, 9.17) is 23.2 Å². The maximum atomic E-state index is 13.3. The fraction of sp³-hybridized carbons (Fsp3) is 0.391. The summed E-state index contributed by atoms with van der Waals surface area (Å²) < 4.78 is 26.8. The number of hydrogen-bond acceptors (Lipinski definition) is 4. The number of benzene rings is 2. The molecule has 1 N–H and O–H groups in total. The number of carbonyl (C=O) groups is 2. The van der Waals surface area contributed by atoms with Gasteiger partial charge in [-0.2, -0.15) is 4.31 Å². The number of hydrogen-bond donors (Lipinski definition) is 1. The van der Waals surface area contributed by atoms with Gasteiger partial charge in [-0.15, -0.1) is 0 Å². The van der Waals surface area contributed by atoms with Gasteiger partial charge in [0.15, 0.2) is 0 Å². The molecule has 0 spiro atoms. The van der Waals surface area contributed by atoms with E-state index in [-0.39, 0.29) is 23.4 Å². The van der Waals surface area contributed by atoms with Gasteiger partial charge >= 0.3 is 0 Å². The Balaban J connectivity index is 2.27. The molecule has 0 saturated carbocycles. The Morgan fingerprint density at radius 1 is 1.03 bits per heavy atom. The quantitative estimate of drug-likeness (QED) is 0.521. The van der Waals surface area contributed by atoms with Crippen molar-refractivity contribution < 1.29 is 18.0 Å². The van der Waals surface area contributed by atoms with Crippen molar-refractivity contribution >= 4 is 45.0 Å². The Morgan fingerprint density at radius 2 is 1.67 bits per heavy atom. The molecule has 2 rings (SSSR count). The van der Waals surface area contributed by atoms with Gasteiger partial charge in [-0.05, 0) is 62.2 Å². The number of amides is 2. The highest BCUT2D eigenvalue weighted by molar-refractivity contribution is 7.89. The van der Waals surface area contributed by atoms with E-state index in [2.05, 4.69) is 5.32 Å². The first kappa shape index (κ1) is 27.1. The molecule has 2 aromatic carbocycles. The van der Waals surface area contributed by atoms with E-state index < -0.39 is 28.5 Å². The highest BCUT2D eigenvalue weighted by atomic mass is 35.5. The lowest BCUT2D eigenvalue weighted by Gasteiger charge is -2.31.